The van der Waals surface area contributed by atoms with Gasteiger partial charge in [0, 0.05) is 22.3 Å². The van der Waals surface area contributed by atoms with Gasteiger partial charge < -0.3 is 10.1 Å². The molecule has 148 valence electrons. The first-order valence-corrected chi connectivity index (χ1v) is 12.1. The van der Waals surface area contributed by atoms with Crippen LogP contribution in [0.2, 0.25) is 5.02 Å². The summed E-state index contributed by atoms with van der Waals surface area (Å²) >= 11 is 9.85. The molecule has 2 N–H and O–H groups in total. The molecule has 4 nitrogen and oxygen atoms in total. The molecule has 1 aliphatic rings. The summed E-state index contributed by atoms with van der Waals surface area (Å²) in [7, 11) is -1.18. The maximum atomic E-state index is 11.9. The first kappa shape index (κ1) is 20.1. The molecule has 1 fully saturated rings. The van der Waals surface area contributed by atoms with Crippen LogP contribution in [0.3, 0.4) is 0 Å². The number of aromatic amines is 1. The third kappa shape index (κ3) is 3.80. The second-order valence-corrected chi connectivity index (χ2v) is 10.3. The van der Waals surface area contributed by atoms with Gasteiger partial charge in [0.1, 0.15) is 11.2 Å². The van der Waals surface area contributed by atoms with E-state index in [9.17, 15) is 9.32 Å². The Bertz CT molecular complexity index is 1050. The van der Waals surface area contributed by atoms with Gasteiger partial charge in [-0.3, -0.25) is 4.21 Å². The summed E-state index contributed by atoms with van der Waals surface area (Å²) in [6.07, 6.45) is 8.61. The predicted molar refractivity (Wildman–Crippen MR) is 117 cm³/mol. The highest BCUT2D eigenvalue weighted by Gasteiger charge is 2.37. The van der Waals surface area contributed by atoms with Gasteiger partial charge in [0.05, 0.1) is 26.4 Å². The van der Waals surface area contributed by atoms with Gasteiger partial charge in [-0.2, -0.15) is 0 Å². The van der Waals surface area contributed by atoms with E-state index in [1.807, 2.05) is 18.2 Å². The molecule has 4 rings (SSSR count). The molecule has 2 aromatic heterocycles. The Balaban J connectivity index is 1.83. The van der Waals surface area contributed by atoms with Gasteiger partial charge in [-0.1, -0.05) is 43.4 Å². The highest BCUT2D eigenvalue weighted by molar-refractivity contribution is 9.10. The monoisotopic (exact) mass is 480 g/mol. The molecule has 1 saturated carbocycles. The normalized spacial score (nSPS) is 18.4. The number of rotatable bonds is 5. The van der Waals surface area contributed by atoms with E-state index in [2.05, 4.69) is 25.9 Å². The number of nitrogens with zero attached hydrogens (tertiary/aromatic N) is 1. The van der Waals surface area contributed by atoms with Crippen molar-refractivity contribution in [1.82, 2.24) is 9.97 Å². The number of fused-ring (bicyclic) bond motifs is 1. The molecule has 2 unspecified atom stereocenters. The van der Waals surface area contributed by atoms with Crippen molar-refractivity contribution >= 4 is 49.4 Å². The van der Waals surface area contributed by atoms with Crippen LogP contribution in [-0.4, -0.2) is 25.5 Å². The third-order valence-electron chi connectivity index (χ3n) is 5.66. The summed E-state index contributed by atoms with van der Waals surface area (Å²) < 4.78 is 12.8. The van der Waals surface area contributed by atoms with E-state index in [1.165, 1.54) is 12.8 Å². The van der Waals surface area contributed by atoms with Crippen molar-refractivity contribution < 1.29 is 9.32 Å². The van der Waals surface area contributed by atoms with Crippen LogP contribution in [0.5, 0.6) is 0 Å². The van der Waals surface area contributed by atoms with Crippen LogP contribution in [0, 0.1) is 5.92 Å². The first-order chi connectivity index (χ1) is 13.4. The zero-order valence-corrected chi connectivity index (χ0v) is 18.7. The zero-order valence-electron chi connectivity index (χ0n) is 15.5. The van der Waals surface area contributed by atoms with Crippen molar-refractivity contribution in [2.24, 2.45) is 5.92 Å². The minimum atomic E-state index is -1.21. The Labute approximate surface area is 180 Å². The Morgan fingerprint density at radius 2 is 2.07 bits per heavy atom. The van der Waals surface area contributed by atoms with Gasteiger partial charge in [0.2, 0.25) is 0 Å². The maximum Gasteiger partial charge on any atom is 0.137 e. The van der Waals surface area contributed by atoms with Crippen molar-refractivity contribution in [2.75, 3.05) is 6.26 Å². The van der Waals surface area contributed by atoms with Crippen LogP contribution in [0.4, 0.5) is 0 Å². The van der Waals surface area contributed by atoms with Crippen LogP contribution in [0.15, 0.2) is 45.9 Å². The number of H-pyrrole nitrogens is 1. The average Bonchev–Trinajstić information content (AvgIpc) is 3.30. The molecule has 0 saturated heterocycles. The first-order valence-electron chi connectivity index (χ1n) is 9.37. The molecule has 0 radical (unpaired) electrons. The Kier molecular flexibility index (Phi) is 5.67. The quantitative estimate of drug-likeness (QED) is 0.503. The number of halogens is 2. The van der Waals surface area contributed by atoms with E-state index in [0.717, 1.165) is 28.3 Å². The fraction of sp³-hybridized carbons (Fsp3) is 0.381. The van der Waals surface area contributed by atoms with Crippen molar-refractivity contribution in [3.63, 3.8) is 0 Å². The molecule has 0 amide bonds. The SMILES string of the molecule is CS(=O)c1ccc(C(O)(CC2CCCC2)c2cc3cc(Br)cnc3[nH]2)cc1Cl. The minimum absolute atomic E-state index is 0.417. The largest absolute Gasteiger partial charge is 0.379 e. The predicted octanol–water partition coefficient (Wildman–Crippen LogP) is 5.53. The number of hydrogen-bond donors (Lipinski definition) is 2. The molecule has 0 bridgehead atoms. The number of benzene rings is 1. The van der Waals surface area contributed by atoms with Crippen LogP contribution in [0.25, 0.3) is 11.0 Å². The van der Waals surface area contributed by atoms with Crippen molar-refractivity contribution in [3.05, 3.63) is 57.3 Å². The summed E-state index contributed by atoms with van der Waals surface area (Å²) in [5.41, 5.74) is 0.950. The number of hydrogen-bond acceptors (Lipinski definition) is 3. The average molecular weight is 482 g/mol. The molecule has 3 aromatic rings. The van der Waals surface area contributed by atoms with Crippen molar-refractivity contribution in [3.8, 4) is 0 Å². The minimum Gasteiger partial charge on any atom is -0.379 e. The lowest BCUT2D eigenvalue weighted by molar-refractivity contribution is 0.0494. The van der Waals surface area contributed by atoms with Gasteiger partial charge in [-0.05, 0) is 58.1 Å². The van der Waals surface area contributed by atoms with Crippen LogP contribution in [0.1, 0.15) is 43.4 Å². The molecule has 1 aliphatic carbocycles. The second-order valence-electron chi connectivity index (χ2n) is 7.59. The van der Waals surface area contributed by atoms with Crippen LogP contribution >= 0.6 is 27.5 Å². The van der Waals surface area contributed by atoms with E-state index in [-0.39, 0.29) is 0 Å². The topological polar surface area (TPSA) is 66.0 Å². The molecule has 28 heavy (non-hydrogen) atoms. The number of nitrogens with one attached hydrogen (secondary N) is 1. The van der Waals surface area contributed by atoms with Gasteiger partial charge in [0.25, 0.3) is 0 Å². The zero-order chi connectivity index (χ0) is 19.9. The molecule has 2 atom stereocenters. The molecule has 0 spiro atoms. The molecule has 7 heteroatoms. The van der Waals surface area contributed by atoms with Gasteiger partial charge in [-0.25, -0.2) is 4.98 Å². The van der Waals surface area contributed by atoms with Crippen LogP contribution in [-0.2, 0) is 16.4 Å². The summed E-state index contributed by atoms with van der Waals surface area (Å²) in [5, 5.41) is 13.3. The van der Waals surface area contributed by atoms with E-state index in [1.54, 1.807) is 24.6 Å². The van der Waals surface area contributed by atoms with E-state index in [0.29, 0.717) is 33.5 Å². The van der Waals surface area contributed by atoms with E-state index >= 15 is 0 Å². The highest BCUT2D eigenvalue weighted by atomic mass is 79.9. The Hall–Kier alpha value is -1.21. The summed E-state index contributed by atoms with van der Waals surface area (Å²) in [6, 6.07) is 9.29. The second kappa shape index (κ2) is 7.90. The smallest absolute Gasteiger partial charge is 0.137 e. The van der Waals surface area contributed by atoms with E-state index < -0.39 is 16.4 Å². The molecule has 2 heterocycles. The summed E-state index contributed by atoms with van der Waals surface area (Å²) in [5.74, 6) is 0.454. The molecular weight excluding hydrogens is 460 g/mol. The number of aliphatic hydroxyl groups is 1. The highest BCUT2D eigenvalue weighted by Crippen LogP contribution is 2.42. The lowest BCUT2D eigenvalue weighted by Crippen LogP contribution is -2.30. The van der Waals surface area contributed by atoms with Crippen LogP contribution < -0.4 is 0 Å². The Morgan fingerprint density at radius 1 is 1.32 bits per heavy atom. The van der Waals surface area contributed by atoms with E-state index in [4.69, 9.17) is 11.6 Å². The third-order valence-corrected chi connectivity index (χ3v) is 7.49. The maximum absolute atomic E-state index is 11.9. The lowest BCUT2D eigenvalue weighted by Gasteiger charge is -2.31. The summed E-state index contributed by atoms with van der Waals surface area (Å²) in [4.78, 5) is 8.30. The standard InChI is InChI=1S/C21H22BrClN2O2S/c1-28(27)18-7-6-15(10-17(18)23)21(26,11-13-4-2-3-5-13)19-9-14-8-16(22)12-24-20(14)25-19/h6-10,12-13,26H,2-5,11H2,1H3,(H,24,25). The summed E-state index contributed by atoms with van der Waals surface area (Å²) in [6.45, 7) is 0. The lowest BCUT2D eigenvalue weighted by atomic mass is 9.81. The molecule has 0 aliphatic heterocycles. The molecule has 1 aromatic carbocycles. The fourth-order valence-corrected chi connectivity index (χ4v) is 5.67. The molecular formula is C21H22BrClN2O2S. The van der Waals surface area contributed by atoms with Gasteiger partial charge in [-0.15, -0.1) is 0 Å². The van der Waals surface area contributed by atoms with Crippen molar-refractivity contribution in [2.45, 2.75) is 42.6 Å². The number of aromatic nitrogens is 2. The van der Waals surface area contributed by atoms with Gasteiger partial charge in [0.15, 0.2) is 0 Å². The fourth-order valence-electron chi connectivity index (χ4n) is 4.22. The Morgan fingerprint density at radius 3 is 2.75 bits per heavy atom. The van der Waals surface area contributed by atoms with Crippen molar-refractivity contribution in [1.29, 1.82) is 0 Å². The van der Waals surface area contributed by atoms with Gasteiger partial charge >= 0.3 is 0 Å². The number of pyridine rings is 1.